The zero-order chi connectivity index (χ0) is 13.1. The number of pyridine rings is 1. The van der Waals surface area contributed by atoms with Crippen molar-refractivity contribution >= 4 is 11.7 Å². The van der Waals surface area contributed by atoms with Crippen LogP contribution in [0.3, 0.4) is 0 Å². The smallest absolute Gasteiger partial charge is 0.257 e. The maximum Gasteiger partial charge on any atom is 0.257 e. The van der Waals surface area contributed by atoms with Crippen LogP contribution in [0.2, 0.25) is 0 Å². The van der Waals surface area contributed by atoms with Gasteiger partial charge < -0.3 is 10.2 Å². The molecule has 1 aromatic heterocycles. The molecule has 4 heteroatoms. The van der Waals surface area contributed by atoms with Crippen LogP contribution >= 0.6 is 0 Å². The highest BCUT2D eigenvalue weighted by Crippen LogP contribution is 2.21. The standard InChI is InChI=1S/C13H21N3O/c1-6-13(2,3)16(5)12(17)10-8-7-9-15-11(10)14-4/h7-9H,6H2,1-5H3,(H,14,15). The largest absolute Gasteiger partial charge is 0.372 e. The normalized spacial score (nSPS) is 11.1. The quantitative estimate of drug-likeness (QED) is 0.871. The van der Waals surface area contributed by atoms with E-state index < -0.39 is 0 Å². The third-order valence-electron chi connectivity index (χ3n) is 3.35. The molecule has 0 aromatic carbocycles. The summed E-state index contributed by atoms with van der Waals surface area (Å²) in [6.07, 6.45) is 2.58. The molecule has 1 aromatic rings. The van der Waals surface area contributed by atoms with E-state index in [1.807, 2.05) is 7.05 Å². The predicted octanol–water partition coefficient (Wildman–Crippen LogP) is 2.38. The molecule has 1 rings (SSSR count). The van der Waals surface area contributed by atoms with Gasteiger partial charge in [0.2, 0.25) is 0 Å². The van der Waals surface area contributed by atoms with Crippen LogP contribution in [0, 0.1) is 0 Å². The first-order valence-electron chi connectivity index (χ1n) is 5.85. The topological polar surface area (TPSA) is 45.2 Å². The summed E-state index contributed by atoms with van der Waals surface area (Å²) in [5, 5.41) is 2.94. The number of nitrogens with one attached hydrogen (secondary N) is 1. The molecule has 94 valence electrons. The van der Waals surface area contributed by atoms with E-state index in [0.717, 1.165) is 6.42 Å². The summed E-state index contributed by atoms with van der Waals surface area (Å²) in [6, 6.07) is 3.57. The molecule has 0 aliphatic rings. The highest BCUT2D eigenvalue weighted by Gasteiger charge is 2.27. The van der Waals surface area contributed by atoms with Gasteiger partial charge in [-0.25, -0.2) is 4.98 Å². The molecule has 0 saturated carbocycles. The Morgan fingerprint density at radius 1 is 1.53 bits per heavy atom. The van der Waals surface area contributed by atoms with Crippen molar-refractivity contribution in [3.63, 3.8) is 0 Å². The first-order valence-corrected chi connectivity index (χ1v) is 5.85. The van der Waals surface area contributed by atoms with Crippen LogP contribution in [0.5, 0.6) is 0 Å². The number of rotatable bonds is 4. The molecule has 1 N–H and O–H groups in total. The maximum absolute atomic E-state index is 12.4. The van der Waals surface area contributed by atoms with Crippen molar-refractivity contribution in [1.82, 2.24) is 9.88 Å². The fourth-order valence-corrected chi connectivity index (χ4v) is 1.47. The van der Waals surface area contributed by atoms with Gasteiger partial charge >= 0.3 is 0 Å². The van der Waals surface area contributed by atoms with E-state index in [-0.39, 0.29) is 11.4 Å². The lowest BCUT2D eigenvalue weighted by Crippen LogP contribution is -2.44. The Labute approximate surface area is 103 Å². The van der Waals surface area contributed by atoms with E-state index in [2.05, 4.69) is 31.1 Å². The third kappa shape index (κ3) is 2.75. The van der Waals surface area contributed by atoms with Crippen molar-refractivity contribution in [2.45, 2.75) is 32.7 Å². The van der Waals surface area contributed by atoms with E-state index in [1.54, 1.807) is 30.3 Å². The minimum Gasteiger partial charge on any atom is -0.372 e. The van der Waals surface area contributed by atoms with E-state index >= 15 is 0 Å². The summed E-state index contributed by atoms with van der Waals surface area (Å²) >= 11 is 0. The van der Waals surface area contributed by atoms with Crippen molar-refractivity contribution in [1.29, 1.82) is 0 Å². The zero-order valence-electron chi connectivity index (χ0n) is 11.2. The molecule has 0 spiro atoms. The summed E-state index contributed by atoms with van der Waals surface area (Å²) in [7, 11) is 3.60. The highest BCUT2D eigenvalue weighted by molar-refractivity contribution is 5.98. The number of anilines is 1. The maximum atomic E-state index is 12.4. The lowest BCUT2D eigenvalue weighted by molar-refractivity contribution is 0.0621. The number of aromatic nitrogens is 1. The summed E-state index contributed by atoms with van der Waals surface area (Å²) in [4.78, 5) is 18.3. The van der Waals surface area contributed by atoms with Crippen molar-refractivity contribution in [2.75, 3.05) is 19.4 Å². The zero-order valence-corrected chi connectivity index (χ0v) is 11.2. The van der Waals surface area contributed by atoms with Gasteiger partial charge in [0.15, 0.2) is 0 Å². The molecule has 0 aliphatic heterocycles. The molecule has 0 unspecified atom stereocenters. The van der Waals surface area contributed by atoms with Crippen molar-refractivity contribution < 1.29 is 4.79 Å². The predicted molar refractivity (Wildman–Crippen MR) is 70.2 cm³/mol. The second-order valence-electron chi connectivity index (χ2n) is 4.68. The molecular formula is C13H21N3O. The van der Waals surface area contributed by atoms with Gasteiger partial charge in [0.05, 0.1) is 5.56 Å². The molecule has 0 aliphatic carbocycles. The summed E-state index contributed by atoms with van der Waals surface area (Å²) in [6.45, 7) is 6.19. The van der Waals surface area contributed by atoms with Gasteiger partial charge in [-0.05, 0) is 32.4 Å². The Kier molecular flexibility index (Phi) is 4.10. The minimum absolute atomic E-state index is 0.00528. The molecule has 0 saturated heterocycles. The number of carbonyl (C=O) groups is 1. The van der Waals surface area contributed by atoms with Crippen LogP contribution in [-0.2, 0) is 0 Å². The van der Waals surface area contributed by atoms with E-state index in [0.29, 0.717) is 11.4 Å². The van der Waals surface area contributed by atoms with Gasteiger partial charge in [-0.15, -0.1) is 0 Å². The lowest BCUT2D eigenvalue weighted by Gasteiger charge is -2.35. The molecule has 0 bridgehead atoms. The van der Waals surface area contributed by atoms with Gasteiger partial charge in [-0.3, -0.25) is 4.79 Å². The Bertz CT molecular complexity index is 401. The lowest BCUT2D eigenvalue weighted by atomic mass is 9.99. The number of nitrogens with zero attached hydrogens (tertiary/aromatic N) is 2. The van der Waals surface area contributed by atoms with Crippen LogP contribution in [0.25, 0.3) is 0 Å². The van der Waals surface area contributed by atoms with Gasteiger partial charge in [0.25, 0.3) is 5.91 Å². The molecule has 1 amide bonds. The molecule has 0 fully saturated rings. The van der Waals surface area contributed by atoms with E-state index in [9.17, 15) is 4.79 Å². The first kappa shape index (κ1) is 13.5. The average molecular weight is 235 g/mol. The van der Waals surface area contributed by atoms with Gasteiger partial charge in [0, 0.05) is 25.8 Å². The second kappa shape index (κ2) is 5.17. The summed E-state index contributed by atoms with van der Waals surface area (Å²) in [5.74, 6) is 0.616. The van der Waals surface area contributed by atoms with E-state index in [1.165, 1.54) is 0 Å². The Hall–Kier alpha value is -1.58. The van der Waals surface area contributed by atoms with E-state index in [4.69, 9.17) is 0 Å². The van der Waals surface area contributed by atoms with Crippen LogP contribution in [0.1, 0.15) is 37.6 Å². The Morgan fingerprint density at radius 3 is 2.71 bits per heavy atom. The summed E-state index contributed by atoms with van der Waals surface area (Å²) in [5.41, 5.74) is 0.455. The van der Waals surface area contributed by atoms with Crippen LogP contribution in [0.15, 0.2) is 18.3 Å². The van der Waals surface area contributed by atoms with Gasteiger partial charge in [-0.2, -0.15) is 0 Å². The second-order valence-corrected chi connectivity index (χ2v) is 4.68. The van der Waals surface area contributed by atoms with Gasteiger partial charge in [-0.1, -0.05) is 6.92 Å². The Morgan fingerprint density at radius 2 is 2.18 bits per heavy atom. The fourth-order valence-electron chi connectivity index (χ4n) is 1.47. The van der Waals surface area contributed by atoms with Crippen LogP contribution in [0.4, 0.5) is 5.82 Å². The van der Waals surface area contributed by atoms with Gasteiger partial charge in [0.1, 0.15) is 5.82 Å². The SMILES string of the molecule is CCC(C)(C)N(C)C(=O)c1cccnc1NC. The highest BCUT2D eigenvalue weighted by atomic mass is 16.2. The molecule has 1 heterocycles. The molecule has 0 radical (unpaired) electrons. The number of hydrogen-bond donors (Lipinski definition) is 1. The number of hydrogen-bond acceptors (Lipinski definition) is 3. The van der Waals surface area contributed by atoms with Crippen molar-refractivity contribution in [3.05, 3.63) is 23.9 Å². The third-order valence-corrected chi connectivity index (χ3v) is 3.35. The van der Waals surface area contributed by atoms with Crippen molar-refractivity contribution in [3.8, 4) is 0 Å². The molecule has 4 nitrogen and oxygen atoms in total. The monoisotopic (exact) mass is 235 g/mol. The number of amides is 1. The van der Waals surface area contributed by atoms with Crippen molar-refractivity contribution in [2.24, 2.45) is 0 Å². The number of carbonyl (C=O) groups excluding carboxylic acids is 1. The van der Waals surface area contributed by atoms with Crippen LogP contribution < -0.4 is 5.32 Å². The average Bonchev–Trinajstić information content (AvgIpc) is 2.36. The summed E-state index contributed by atoms with van der Waals surface area (Å²) < 4.78 is 0. The molecular weight excluding hydrogens is 214 g/mol. The Balaban J connectivity index is 3.04. The fraction of sp³-hybridized carbons (Fsp3) is 0.538. The molecule has 0 atom stereocenters. The minimum atomic E-state index is -0.155. The molecule has 17 heavy (non-hydrogen) atoms. The van der Waals surface area contributed by atoms with Crippen LogP contribution in [-0.4, -0.2) is 35.4 Å². The first-order chi connectivity index (χ1) is 7.94.